The molecule has 8 aromatic rings. The Hall–Kier alpha value is -5.07. The van der Waals surface area contributed by atoms with Crippen molar-refractivity contribution in [1.29, 1.82) is 0 Å². The van der Waals surface area contributed by atoms with Crippen LogP contribution in [0.2, 0.25) is 0 Å². The molecule has 0 aliphatic rings. The minimum Gasteiger partial charge on any atom is -0.195 e. The Bertz CT molecular complexity index is 1680. The average molecular weight is 766 g/mol. The number of hydrogen-bond acceptors (Lipinski definition) is 0. The molecular weight excluding hydrogens is 725 g/mol. The van der Waals surface area contributed by atoms with Crippen molar-refractivity contribution in [2.45, 2.75) is 0 Å². The largest absolute Gasteiger partial charge is 1.00 e. The predicted molar refractivity (Wildman–Crippen MR) is 220 cm³/mol. The van der Waals surface area contributed by atoms with E-state index >= 15 is 0 Å². The first-order chi connectivity index (χ1) is 24.8. The molecular formula is C48H40B2Cu2. The van der Waals surface area contributed by atoms with Crippen molar-refractivity contribution >= 4 is 56.0 Å². The Morgan fingerprint density at radius 1 is 0.154 bits per heavy atom. The third-order valence-corrected chi connectivity index (χ3v) is 10.4. The SMILES string of the molecule is [Cu+].[Cu+].c1ccc([B-](c2ccccc2)(c2ccccc2)c2ccccc2)cc1.c1ccc([B-](c2ccccc2)(c2ccccc2)c2ccccc2)cc1. The van der Waals surface area contributed by atoms with E-state index in [0.29, 0.717) is 0 Å². The van der Waals surface area contributed by atoms with E-state index in [1.807, 2.05) is 0 Å². The van der Waals surface area contributed by atoms with Gasteiger partial charge in [0.05, 0.1) is 0 Å². The summed E-state index contributed by atoms with van der Waals surface area (Å²) >= 11 is 0. The molecule has 52 heavy (non-hydrogen) atoms. The van der Waals surface area contributed by atoms with Crippen molar-refractivity contribution in [2.75, 3.05) is 0 Å². The Labute approximate surface area is 330 Å². The quantitative estimate of drug-likeness (QED) is 0.164. The van der Waals surface area contributed by atoms with Gasteiger partial charge >= 0.3 is 34.1 Å². The zero-order valence-electron chi connectivity index (χ0n) is 28.9. The summed E-state index contributed by atoms with van der Waals surface area (Å²) < 4.78 is 0. The molecule has 0 nitrogen and oxygen atoms in total. The predicted octanol–water partition coefficient (Wildman–Crippen LogP) is 6.12. The maximum absolute atomic E-state index is 2.26. The van der Waals surface area contributed by atoms with E-state index in [0.717, 1.165) is 0 Å². The molecule has 4 heteroatoms. The van der Waals surface area contributed by atoms with Gasteiger partial charge in [-0.3, -0.25) is 0 Å². The van der Waals surface area contributed by atoms with Gasteiger partial charge in [-0.15, -0.1) is 0 Å². The van der Waals surface area contributed by atoms with Gasteiger partial charge in [-0.2, -0.15) is 43.7 Å². The van der Waals surface area contributed by atoms with Gasteiger partial charge in [0.15, 0.2) is 0 Å². The van der Waals surface area contributed by atoms with Gasteiger partial charge in [0.2, 0.25) is 0 Å². The smallest absolute Gasteiger partial charge is 0.195 e. The molecule has 8 aromatic carbocycles. The molecule has 0 N–H and O–H groups in total. The summed E-state index contributed by atoms with van der Waals surface area (Å²) in [5.41, 5.74) is 10.7. The van der Waals surface area contributed by atoms with Crippen LogP contribution in [0.5, 0.6) is 0 Å². The van der Waals surface area contributed by atoms with Gasteiger partial charge in [-0.05, 0) is 0 Å². The maximum atomic E-state index is 2.26. The van der Waals surface area contributed by atoms with Gasteiger partial charge in [-0.25, -0.2) is 0 Å². The molecule has 0 unspecified atom stereocenters. The fraction of sp³-hybridized carbons (Fsp3) is 0. The molecule has 0 saturated carbocycles. The first kappa shape index (κ1) is 38.2. The summed E-state index contributed by atoms with van der Waals surface area (Å²) in [6.45, 7) is 0. The van der Waals surface area contributed by atoms with Crippen LogP contribution in [0.25, 0.3) is 0 Å². The van der Waals surface area contributed by atoms with Crippen molar-refractivity contribution in [2.24, 2.45) is 0 Å². The fourth-order valence-electron chi connectivity index (χ4n) is 8.24. The fourth-order valence-corrected chi connectivity index (χ4v) is 8.24. The summed E-state index contributed by atoms with van der Waals surface area (Å²) in [5, 5.41) is 0. The third-order valence-electron chi connectivity index (χ3n) is 10.4. The van der Waals surface area contributed by atoms with Crippen molar-refractivity contribution < 1.29 is 34.1 Å². The summed E-state index contributed by atoms with van der Waals surface area (Å²) in [7, 11) is 0. The van der Waals surface area contributed by atoms with E-state index in [1.54, 1.807) is 0 Å². The van der Waals surface area contributed by atoms with Crippen LogP contribution in [0.1, 0.15) is 0 Å². The number of hydrogen-bond donors (Lipinski definition) is 0. The Kier molecular flexibility index (Phi) is 13.5. The normalized spacial score (nSPS) is 10.8. The molecule has 0 fully saturated rings. The average Bonchev–Trinajstić information content (AvgIpc) is 3.22. The minimum atomic E-state index is -1.22. The molecule has 8 rings (SSSR count). The molecule has 0 atom stereocenters. The van der Waals surface area contributed by atoms with Crippen LogP contribution in [-0.4, -0.2) is 12.3 Å². The van der Waals surface area contributed by atoms with E-state index in [4.69, 9.17) is 0 Å². The van der Waals surface area contributed by atoms with Crippen LogP contribution in [0, 0.1) is 0 Å². The first-order valence-corrected chi connectivity index (χ1v) is 17.6. The number of rotatable bonds is 8. The maximum Gasteiger partial charge on any atom is 1.00 e. The van der Waals surface area contributed by atoms with Crippen LogP contribution in [-0.2, 0) is 34.1 Å². The van der Waals surface area contributed by atoms with Crippen molar-refractivity contribution in [3.63, 3.8) is 0 Å². The molecule has 0 aromatic heterocycles. The second kappa shape index (κ2) is 18.4. The first-order valence-electron chi connectivity index (χ1n) is 17.6. The molecule has 0 amide bonds. The van der Waals surface area contributed by atoms with Crippen molar-refractivity contribution in [3.8, 4) is 0 Å². The summed E-state index contributed by atoms with van der Waals surface area (Å²) in [4.78, 5) is 0. The molecule has 0 heterocycles. The Balaban J connectivity index is 0.000000194. The molecule has 0 aliphatic heterocycles. The summed E-state index contributed by atoms with van der Waals surface area (Å²) in [6, 6.07) is 87.1. The Morgan fingerprint density at radius 3 is 0.346 bits per heavy atom. The minimum absolute atomic E-state index is 0. The molecule has 260 valence electrons. The summed E-state index contributed by atoms with van der Waals surface area (Å²) in [5.74, 6) is 0. The zero-order valence-corrected chi connectivity index (χ0v) is 30.7. The zero-order chi connectivity index (χ0) is 33.9. The Morgan fingerprint density at radius 2 is 0.250 bits per heavy atom. The standard InChI is InChI=1S/2C24H20B.2Cu/c2*1-5-13-21(14-6-1)25(22-15-7-2-8-16-22,23-17-9-3-10-18-23)24-19-11-4-12-20-24;;/h2*1-20H;;/q2*-1;2*+1. The van der Waals surface area contributed by atoms with E-state index in [1.165, 1.54) is 43.7 Å². The van der Waals surface area contributed by atoms with Gasteiger partial charge in [-0.1, -0.05) is 243 Å². The summed E-state index contributed by atoms with van der Waals surface area (Å²) in [6.07, 6.45) is -2.43. The third kappa shape index (κ3) is 7.58. The monoisotopic (exact) mass is 764 g/mol. The van der Waals surface area contributed by atoms with Crippen molar-refractivity contribution in [1.82, 2.24) is 0 Å². The van der Waals surface area contributed by atoms with E-state index in [-0.39, 0.29) is 34.1 Å². The van der Waals surface area contributed by atoms with E-state index < -0.39 is 12.3 Å². The van der Waals surface area contributed by atoms with E-state index in [9.17, 15) is 0 Å². The molecule has 0 saturated heterocycles. The van der Waals surface area contributed by atoms with Crippen LogP contribution in [0.4, 0.5) is 0 Å². The van der Waals surface area contributed by atoms with Gasteiger partial charge in [0, 0.05) is 0 Å². The number of benzene rings is 8. The molecule has 0 spiro atoms. The second-order valence-corrected chi connectivity index (χ2v) is 13.0. The van der Waals surface area contributed by atoms with Gasteiger partial charge < -0.3 is 0 Å². The molecule has 0 aliphatic carbocycles. The van der Waals surface area contributed by atoms with Crippen LogP contribution < -0.4 is 43.7 Å². The molecule has 0 bridgehead atoms. The topological polar surface area (TPSA) is 0 Å². The molecule has 0 radical (unpaired) electrons. The second-order valence-electron chi connectivity index (χ2n) is 13.0. The van der Waals surface area contributed by atoms with Gasteiger partial charge in [0.25, 0.3) is 0 Å². The van der Waals surface area contributed by atoms with Crippen LogP contribution in [0.3, 0.4) is 0 Å². The van der Waals surface area contributed by atoms with Crippen molar-refractivity contribution in [3.05, 3.63) is 243 Å². The van der Waals surface area contributed by atoms with Crippen LogP contribution >= 0.6 is 0 Å². The van der Waals surface area contributed by atoms with Crippen LogP contribution in [0.15, 0.2) is 243 Å². The van der Waals surface area contributed by atoms with Gasteiger partial charge in [0.1, 0.15) is 12.3 Å². The van der Waals surface area contributed by atoms with E-state index in [2.05, 4.69) is 243 Å².